The van der Waals surface area contributed by atoms with Crippen molar-refractivity contribution in [2.75, 3.05) is 12.4 Å². The van der Waals surface area contributed by atoms with E-state index in [1.54, 1.807) is 7.11 Å². The van der Waals surface area contributed by atoms with Crippen LogP contribution in [0.25, 0.3) is 0 Å². The van der Waals surface area contributed by atoms with Gasteiger partial charge in [-0.2, -0.15) is 0 Å². The first-order valence-electron chi connectivity index (χ1n) is 6.52. The SMILES string of the molecule is COc1ccc(CNC(=S)Nc2ccc(C)cc2Br)cc1. The number of nitrogens with one attached hydrogen (secondary N) is 2. The highest BCUT2D eigenvalue weighted by atomic mass is 79.9. The van der Waals surface area contributed by atoms with Crippen molar-refractivity contribution in [2.24, 2.45) is 0 Å². The molecule has 0 heterocycles. The number of aryl methyl sites for hydroxylation is 1. The van der Waals surface area contributed by atoms with Crippen LogP contribution in [0.1, 0.15) is 11.1 Å². The summed E-state index contributed by atoms with van der Waals surface area (Å²) in [5.74, 6) is 0.850. The highest BCUT2D eigenvalue weighted by Gasteiger charge is 2.02. The van der Waals surface area contributed by atoms with Gasteiger partial charge in [0.1, 0.15) is 5.75 Å². The topological polar surface area (TPSA) is 33.3 Å². The van der Waals surface area contributed by atoms with Crippen LogP contribution in [0, 0.1) is 6.92 Å². The van der Waals surface area contributed by atoms with Crippen molar-refractivity contribution in [2.45, 2.75) is 13.5 Å². The molecule has 0 unspecified atom stereocenters. The first kappa shape index (κ1) is 15.8. The average Bonchev–Trinajstić information content (AvgIpc) is 2.48. The third-order valence-corrected chi connectivity index (χ3v) is 3.89. The zero-order valence-electron chi connectivity index (χ0n) is 11.9. The van der Waals surface area contributed by atoms with E-state index in [9.17, 15) is 0 Å². The normalized spacial score (nSPS) is 10.0. The predicted molar refractivity (Wildman–Crippen MR) is 94.9 cm³/mol. The van der Waals surface area contributed by atoms with Crippen LogP contribution in [0.3, 0.4) is 0 Å². The quantitative estimate of drug-likeness (QED) is 0.794. The fourth-order valence-electron chi connectivity index (χ4n) is 1.81. The molecule has 0 bridgehead atoms. The second kappa shape index (κ2) is 7.43. The van der Waals surface area contributed by atoms with Crippen molar-refractivity contribution in [3.05, 3.63) is 58.1 Å². The van der Waals surface area contributed by atoms with Gasteiger partial charge in [0.15, 0.2) is 5.11 Å². The lowest BCUT2D eigenvalue weighted by atomic mass is 10.2. The molecule has 5 heteroatoms. The summed E-state index contributed by atoms with van der Waals surface area (Å²) in [6.07, 6.45) is 0. The molecule has 2 aromatic carbocycles. The minimum Gasteiger partial charge on any atom is -0.497 e. The van der Waals surface area contributed by atoms with Crippen LogP contribution in [0.2, 0.25) is 0 Å². The van der Waals surface area contributed by atoms with Gasteiger partial charge in [0.05, 0.1) is 12.8 Å². The molecule has 0 spiro atoms. The van der Waals surface area contributed by atoms with Gasteiger partial charge in [0.2, 0.25) is 0 Å². The molecule has 0 atom stereocenters. The Morgan fingerprint density at radius 3 is 2.52 bits per heavy atom. The van der Waals surface area contributed by atoms with Crippen molar-refractivity contribution in [3.63, 3.8) is 0 Å². The first-order valence-corrected chi connectivity index (χ1v) is 7.72. The van der Waals surface area contributed by atoms with Gasteiger partial charge in [0, 0.05) is 11.0 Å². The second-order valence-electron chi connectivity index (χ2n) is 4.64. The molecule has 0 aliphatic carbocycles. The lowest BCUT2D eigenvalue weighted by Crippen LogP contribution is -2.28. The van der Waals surface area contributed by atoms with Crippen LogP contribution < -0.4 is 15.4 Å². The molecule has 0 amide bonds. The molecule has 0 aliphatic heterocycles. The van der Waals surface area contributed by atoms with Crippen LogP contribution in [-0.2, 0) is 6.54 Å². The number of hydrogen-bond donors (Lipinski definition) is 2. The summed E-state index contributed by atoms with van der Waals surface area (Å²) in [6, 6.07) is 14.0. The van der Waals surface area contributed by atoms with Crippen LogP contribution in [0.15, 0.2) is 46.9 Å². The van der Waals surface area contributed by atoms with Crippen LogP contribution >= 0.6 is 28.1 Å². The number of thiocarbonyl (C=S) groups is 1. The van der Waals surface area contributed by atoms with E-state index in [0.29, 0.717) is 11.7 Å². The van der Waals surface area contributed by atoms with Gasteiger partial charge in [-0.25, -0.2) is 0 Å². The van der Waals surface area contributed by atoms with E-state index in [2.05, 4.69) is 39.6 Å². The number of ether oxygens (including phenoxy) is 1. The molecular formula is C16H17BrN2OS. The number of hydrogen-bond acceptors (Lipinski definition) is 2. The molecule has 0 saturated carbocycles. The summed E-state index contributed by atoms with van der Waals surface area (Å²) in [6.45, 7) is 2.72. The molecule has 2 N–H and O–H groups in total. The maximum atomic E-state index is 5.31. The molecular weight excluding hydrogens is 348 g/mol. The lowest BCUT2D eigenvalue weighted by molar-refractivity contribution is 0.414. The van der Waals surface area contributed by atoms with Crippen LogP contribution in [0.5, 0.6) is 5.75 Å². The number of halogens is 1. The van der Waals surface area contributed by atoms with Gasteiger partial charge in [0.25, 0.3) is 0 Å². The summed E-state index contributed by atoms with van der Waals surface area (Å²) in [4.78, 5) is 0. The van der Waals surface area contributed by atoms with E-state index in [1.807, 2.05) is 36.4 Å². The van der Waals surface area contributed by atoms with E-state index in [4.69, 9.17) is 17.0 Å². The Kier molecular flexibility index (Phi) is 5.59. The van der Waals surface area contributed by atoms with Gasteiger partial charge in [-0.1, -0.05) is 18.2 Å². The summed E-state index contributed by atoms with van der Waals surface area (Å²) in [7, 11) is 1.66. The number of rotatable bonds is 4. The molecule has 3 nitrogen and oxygen atoms in total. The summed E-state index contributed by atoms with van der Waals surface area (Å²) >= 11 is 8.83. The molecule has 21 heavy (non-hydrogen) atoms. The van der Waals surface area contributed by atoms with Gasteiger partial charge in [-0.05, 0) is 70.5 Å². The molecule has 0 saturated heterocycles. The van der Waals surface area contributed by atoms with Gasteiger partial charge < -0.3 is 15.4 Å². The minimum atomic E-state index is 0.593. The Bertz CT molecular complexity index is 629. The smallest absolute Gasteiger partial charge is 0.171 e. The Morgan fingerprint density at radius 1 is 1.19 bits per heavy atom. The molecule has 2 rings (SSSR count). The van der Waals surface area contributed by atoms with Crippen LogP contribution in [-0.4, -0.2) is 12.2 Å². The largest absolute Gasteiger partial charge is 0.497 e. The van der Waals surface area contributed by atoms with E-state index < -0.39 is 0 Å². The van der Waals surface area contributed by atoms with Gasteiger partial charge in [-0.15, -0.1) is 0 Å². The van der Waals surface area contributed by atoms with E-state index in [1.165, 1.54) is 5.56 Å². The van der Waals surface area contributed by atoms with Crippen LogP contribution in [0.4, 0.5) is 5.69 Å². The monoisotopic (exact) mass is 364 g/mol. The lowest BCUT2D eigenvalue weighted by Gasteiger charge is -2.12. The van der Waals surface area contributed by atoms with E-state index in [0.717, 1.165) is 21.5 Å². The van der Waals surface area contributed by atoms with Gasteiger partial charge >= 0.3 is 0 Å². The number of anilines is 1. The third-order valence-electron chi connectivity index (χ3n) is 2.98. The Morgan fingerprint density at radius 2 is 1.90 bits per heavy atom. The first-order chi connectivity index (χ1) is 10.1. The van der Waals surface area contributed by atoms with E-state index >= 15 is 0 Å². The van der Waals surface area contributed by atoms with Gasteiger partial charge in [-0.3, -0.25) is 0 Å². The zero-order chi connectivity index (χ0) is 15.2. The van der Waals surface area contributed by atoms with Crippen molar-refractivity contribution in [1.29, 1.82) is 0 Å². The molecule has 0 radical (unpaired) electrons. The maximum Gasteiger partial charge on any atom is 0.171 e. The standard InChI is InChI=1S/C16H17BrN2OS/c1-11-3-8-15(14(17)9-11)19-16(21)18-10-12-4-6-13(20-2)7-5-12/h3-9H,10H2,1-2H3,(H2,18,19,21). The number of methoxy groups -OCH3 is 1. The van der Waals surface area contributed by atoms with Crippen molar-refractivity contribution in [3.8, 4) is 5.75 Å². The maximum absolute atomic E-state index is 5.31. The highest BCUT2D eigenvalue weighted by molar-refractivity contribution is 9.10. The fourth-order valence-corrected chi connectivity index (χ4v) is 2.59. The molecule has 0 fully saturated rings. The fraction of sp³-hybridized carbons (Fsp3) is 0.188. The molecule has 110 valence electrons. The Labute approximate surface area is 138 Å². The Balaban J connectivity index is 1.89. The van der Waals surface area contributed by atoms with Crippen molar-refractivity contribution >= 4 is 38.9 Å². The van der Waals surface area contributed by atoms with Crippen molar-refractivity contribution in [1.82, 2.24) is 5.32 Å². The average molecular weight is 365 g/mol. The minimum absolute atomic E-state index is 0.593. The highest BCUT2D eigenvalue weighted by Crippen LogP contribution is 2.23. The van der Waals surface area contributed by atoms with Crippen molar-refractivity contribution < 1.29 is 4.74 Å². The Hall–Kier alpha value is -1.59. The third kappa shape index (κ3) is 4.72. The van der Waals surface area contributed by atoms with E-state index in [-0.39, 0.29) is 0 Å². The summed E-state index contributed by atoms with van der Waals surface area (Å²) in [5.41, 5.74) is 3.29. The molecule has 0 aliphatic rings. The zero-order valence-corrected chi connectivity index (χ0v) is 14.3. The predicted octanol–water partition coefficient (Wildman–Crippen LogP) is 4.25. The molecule has 2 aromatic rings. The summed E-state index contributed by atoms with van der Waals surface area (Å²) in [5, 5.41) is 6.96. The second-order valence-corrected chi connectivity index (χ2v) is 5.90. The number of benzene rings is 2. The summed E-state index contributed by atoms with van der Waals surface area (Å²) < 4.78 is 6.13. The molecule has 0 aromatic heterocycles.